The topological polar surface area (TPSA) is 90.4 Å². The molecule has 0 saturated carbocycles. The zero-order chi connectivity index (χ0) is 22.1. The SMILES string of the molecule is COc1cc(-c2nc(CN3CCCN(C(=O)c4ccco4)CC3)c(C)o2)cc2c1OCO2. The minimum Gasteiger partial charge on any atom is -0.493 e. The number of methoxy groups -OCH3 is 1. The summed E-state index contributed by atoms with van der Waals surface area (Å²) in [6.07, 6.45) is 2.41. The molecule has 0 unspecified atom stereocenters. The first kappa shape index (κ1) is 20.4. The van der Waals surface area contributed by atoms with E-state index in [-0.39, 0.29) is 12.7 Å². The van der Waals surface area contributed by atoms with Gasteiger partial charge in [-0.3, -0.25) is 9.69 Å². The van der Waals surface area contributed by atoms with Crippen LogP contribution >= 0.6 is 0 Å². The van der Waals surface area contributed by atoms with Gasteiger partial charge in [0.05, 0.1) is 19.1 Å². The molecule has 2 aliphatic rings. The number of aryl methyl sites for hydroxylation is 1. The molecule has 9 nitrogen and oxygen atoms in total. The number of amides is 1. The highest BCUT2D eigenvalue weighted by Gasteiger charge is 2.25. The third-order valence-electron chi connectivity index (χ3n) is 5.78. The Bertz CT molecular complexity index is 1110. The molecule has 2 aromatic heterocycles. The van der Waals surface area contributed by atoms with Crippen molar-refractivity contribution < 1.29 is 27.8 Å². The predicted molar refractivity (Wildman–Crippen MR) is 114 cm³/mol. The van der Waals surface area contributed by atoms with Crippen LogP contribution in [0.3, 0.4) is 0 Å². The molecular weight excluding hydrogens is 414 g/mol. The maximum absolute atomic E-state index is 12.6. The summed E-state index contributed by atoms with van der Waals surface area (Å²) in [7, 11) is 1.59. The van der Waals surface area contributed by atoms with Gasteiger partial charge >= 0.3 is 0 Å². The van der Waals surface area contributed by atoms with Crippen LogP contribution in [-0.2, 0) is 6.54 Å². The van der Waals surface area contributed by atoms with Gasteiger partial charge in [-0.2, -0.15) is 0 Å². The van der Waals surface area contributed by atoms with Crippen molar-refractivity contribution in [3.8, 4) is 28.7 Å². The van der Waals surface area contributed by atoms with Crippen LogP contribution < -0.4 is 14.2 Å². The van der Waals surface area contributed by atoms with E-state index in [1.165, 1.54) is 6.26 Å². The highest BCUT2D eigenvalue weighted by molar-refractivity contribution is 5.91. The number of ether oxygens (including phenoxy) is 3. The van der Waals surface area contributed by atoms with Crippen LogP contribution in [0.2, 0.25) is 0 Å². The first-order valence-corrected chi connectivity index (χ1v) is 10.6. The summed E-state index contributed by atoms with van der Waals surface area (Å²) in [6.45, 7) is 5.71. The summed E-state index contributed by atoms with van der Waals surface area (Å²) < 4.78 is 27.6. The summed E-state index contributed by atoms with van der Waals surface area (Å²) in [5.41, 5.74) is 1.65. The van der Waals surface area contributed by atoms with Crippen molar-refractivity contribution in [1.29, 1.82) is 0 Å². The fourth-order valence-corrected chi connectivity index (χ4v) is 4.05. The second kappa shape index (κ2) is 8.58. The van der Waals surface area contributed by atoms with Crippen molar-refractivity contribution in [3.63, 3.8) is 0 Å². The lowest BCUT2D eigenvalue weighted by molar-refractivity contribution is 0.0729. The smallest absolute Gasteiger partial charge is 0.289 e. The maximum atomic E-state index is 12.6. The molecule has 5 rings (SSSR count). The second-order valence-electron chi connectivity index (χ2n) is 7.83. The Labute approximate surface area is 185 Å². The number of hydrogen-bond acceptors (Lipinski definition) is 8. The third-order valence-corrected chi connectivity index (χ3v) is 5.78. The van der Waals surface area contributed by atoms with Gasteiger partial charge in [0, 0.05) is 38.3 Å². The molecule has 0 spiro atoms. The number of furan rings is 1. The molecule has 9 heteroatoms. The van der Waals surface area contributed by atoms with Gasteiger partial charge in [-0.25, -0.2) is 4.98 Å². The number of fused-ring (bicyclic) bond motifs is 1. The number of nitrogens with zero attached hydrogens (tertiary/aromatic N) is 3. The number of carbonyl (C=O) groups is 1. The van der Waals surface area contributed by atoms with E-state index in [0.717, 1.165) is 36.5 Å². The molecule has 3 aromatic rings. The molecule has 0 radical (unpaired) electrons. The largest absolute Gasteiger partial charge is 0.493 e. The number of oxazole rings is 1. The summed E-state index contributed by atoms with van der Waals surface area (Å²) in [4.78, 5) is 21.5. The van der Waals surface area contributed by atoms with Gasteiger partial charge < -0.3 is 27.9 Å². The molecule has 4 heterocycles. The average molecular weight is 439 g/mol. The molecule has 1 amide bonds. The first-order chi connectivity index (χ1) is 15.6. The van der Waals surface area contributed by atoms with E-state index in [2.05, 4.69) is 4.90 Å². The fourth-order valence-electron chi connectivity index (χ4n) is 4.05. The molecule has 0 N–H and O–H groups in total. The Morgan fingerprint density at radius 2 is 2.09 bits per heavy atom. The predicted octanol–water partition coefficient (Wildman–Crippen LogP) is 3.33. The quantitative estimate of drug-likeness (QED) is 0.598. The van der Waals surface area contributed by atoms with Crippen LogP contribution in [0.25, 0.3) is 11.5 Å². The molecule has 0 aliphatic carbocycles. The normalized spacial score (nSPS) is 16.2. The zero-order valence-electron chi connectivity index (χ0n) is 18.1. The van der Waals surface area contributed by atoms with Gasteiger partial charge in [0.2, 0.25) is 18.4 Å². The van der Waals surface area contributed by atoms with Crippen LogP contribution in [0, 0.1) is 6.92 Å². The van der Waals surface area contributed by atoms with E-state index < -0.39 is 0 Å². The lowest BCUT2D eigenvalue weighted by Crippen LogP contribution is -2.35. The van der Waals surface area contributed by atoms with Crippen molar-refractivity contribution in [3.05, 3.63) is 47.7 Å². The molecule has 0 atom stereocenters. The van der Waals surface area contributed by atoms with Crippen LogP contribution in [0.1, 0.15) is 28.4 Å². The number of rotatable bonds is 5. The van der Waals surface area contributed by atoms with Gasteiger partial charge in [-0.05, 0) is 37.6 Å². The zero-order valence-corrected chi connectivity index (χ0v) is 18.1. The Kier molecular flexibility index (Phi) is 5.48. The lowest BCUT2D eigenvalue weighted by atomic mass is 10.2. The number of aromatic nitrogens is 1. The van der Waals surface area contributed by atoms with E-state index in [1.54, 1.807) is 19.2 Å². The van der Waals surface area contributed by atoms with Gasteiger partial charge in [0.25, 0.3) is 5.91 Å². The first-order valence-electron chi connectivity index (χ1n) is 10.6. The Balaban J connectivity index is 1.29. The van der Waals surface area contributed by atoms with E-state index in [1.807, 2.05) is 24.0 Å². The van der Waals surface area contributed by atoms with E-state index in [9.17, 15) is 4.79 Å². The molecule has 1 saturated heterocycles. The van der Waals surface area contributed by atoms with E-state index in [4.69, 9.17) is 28.0 Å². The van der Waals surface area contributed by atoms with Gasteiger partial charge in [0.1, 0.15) is 5.76 Å². The van der Waals surface area contributed by atoms with Crippen molar-refractivity contribution in [1.82, 2.24) is 14.8 Å². The molecular formula is C23H25N3O6. The molecule has 1 fully saturated rings. The minimum absolute atomic E-state index is 0.0616. The Morgan fingerprint density at radius 1 is 1.19 bits per heavy atom. The van der Waals surface area contributed by atoms with Crippen molar-refractivity contribution in [2.24, 2.45) is 0 Å². The van der Waals surface area contributed by atoms with Gasteiger partial charge in [-0.1, -0.05) is 0 Å². The van der Waals surface area contributed by atoms with Crippen LogP contribution in [-0.4, -0.2) is 60.8 Å². The maximum Gasteiger partial charge on any atom is 0.289 e. The fraction of sp³-hybridized carbons (Fsp3) is 0.391. The van der Waals surface area contributed by atoms with Crippen molar-refractivity contribution >= 4 is 5.91 Å². The molecule has 168 valence electrons. The van der Waals surface area contributed by atoms with E-state index in [0.29, 0.717) is 48.5 Å². The highest BCUT2D eigenvalue weighted by atomic mass is 16.7. The number of hydrogen-bond donors (Lipinski definition) is 0. The summed E-state index contributed by atoms with van der Waals surface area (Å²) in [6, 6.07) is 7.13. The monoisotopic (exact) mass is 439 g/mol. The van der Waals surface area contributed by atoms with Crippen molar-refractivity contribution in [2.75, 3.05) is 40.1 Å². The summed E-state index contributed by atoms with van der Waals surface area (Å²) in [5, 5.41) is 0. The van der Waals surface area contributed by atoms with Gasteiger partial charge in [-0.15, -0.1) is 0 Å². The second-order valence-corrected chi connectivity index (χ2v) is 7.83. The number of carbonyl (C=O) groups excluding carboxylic acids is 1. The Morgan fingerprint density at radius 3 is 2.91 bits per heavy atom. The highest BCUT2D eigenvalue weighted by Crippen LogP contribution is 2.44. The molecule has 1 aromatic carbocycles. The third kappa shape index (κ3) is 3.91. The van der Waals surface area contributed by atoms with Crippen LogP contribution in [0.5, 0.6) is 17.2 Å². The molecule has 0 bridgehead atoms. The lowest BCUT2D eigenvalue weighted by Gasteiger charge is -2.20. The van der Waals surface area contributed by atoms with Gasteiger partial charge in [0.15, 0.2) is 17.3 Å². The average Bonchev–Trinajstić information content (AvgIpc) is 3.53. The van der Waals surface area contributed by atoms with Crippen LogP contribution in [0.15, 0.2) is 39.4 Å². The van der Waals surface area contributed by atoms with E-state index >= 15 is 0 Å². The summed E-state index contributed by atoms with van der Waals surface area (Å²) >= 11 is 0. The molecule has 2 aliphatic heterocycles. The Hall–Kier alpha value is -3.46. The minimum atomic E-state index is -0.0616. The van der Waals surface area contributed by atoms with Crippen molar-refractivity contribution in [2.45, 2.75) is 19.9 Å². The summed E-state index contributed by atoms with van der Waals surface area (Å²) in [5.74, 6) is 3.40. The standard InChI is InChI=1S/C23H25N3O6/c1-15-17(13-25-6-4-7-26(9-8-25)23(27)18-5-3-10-29-18)24-22(32-15)16-11-19(28-2)21-20(12-16)30-14-31-21/h3,5,10-12H,4,6-9,13-14H2,1-2H3. The molecule has 32 heavy (non-hydrogen) atoms. The number of benzene rings is 1. The van der Waals surface area contributed by atoms with Crippen LogP contribution in [0.4, 0.5) is 0 Å².